The largest absolute Gasteiger partial charge is 0.314 e. The standard InChI is InChI=1S/C16H29N3S/c1-14(2)18(12-15-6-5-11-20-15)13-16(3,4)19-9-7-17-8-10-19/h5-6,11,14,17H,7-10,12-13H2,1-4H3. The molecule has 1 N–H and O–H groups in total. The number of thiophene rings is 1. The molecule has 1 aromatic heterocycles. The van der Waals surface area contributed by atoms with Crippen LogP contribution in [0.3, 0.4) is 0 Å². The van der Waals surface area contributed by atoms with E-state index in [1.165, 1.54) is 4.88 Å². The van der Waals surface area contributed by atoms with Crippen molar-refractivity contribution < 1.29 is 0 Å². The molecule has 0 aromatic carbocycles. The Bertz CT molecular complexity index is 380. The van der Waals surface area contributed by atoms with E-state index in [2.05, 4.69) is 60.3 Å². The Hall–Kier alpha value is -0.420. The van der Waals surface area contributed by atoms with Gasteiger partial charge in [-0.05, 0) is 39.1 Å². The van der Waals surface area contributed by atoms with Gasteiger partial charge in [-0.2, -0.15) is 0 Å². The third-order valence-corrected chi connectivity index (χ3v) is 5.09. The number of hydrogen-bond acceptors (Lipinski definition) is 4. The highest BCUT2D eigenvalue weighted by Gasteiger charge is 2.30. The summed E-state index contributed by atoms with van der Waals surface area (Å²) in [5.41, 5.74) is 0.240. The van der Waals surface area contributed by atoms with Gasteiger partial charge in [-0.15, -0.1) is 11.3 Å². The summed E-state index contributed by atoms with van der Waals surface area (Å²) in [6.07, 6.45) is 0. The Morgan fingerprint density at radius 3 is 2.60 bits per heavy atom. The van der Waals surface area contributed by atoms with Crippen LogP contribution in [0.4, 0.5) is 0 Å². The van der Waals surface area contributed by atoms with Gasteiger partial charge in [0, 0.05) is 55.7 Å². The first-order valence-electron chi connectivity index (χ1n) is 7.71. The van der Waals surface area contributed by atoms with Gasteiger partial charge in [0.05, 0.1) is 0 Å². The van der Waals surface area contributed by atoms with Crippen LogP contribution in [0.15, 0.2) is 17.5 Å². The normalized spacial score (nSPS) is 18.1. The summed E-state index contributed by atoms with van der Waals surface area (Å²) < 4.78 is 0. The average molecular weight is 295 g/mol. The van der Waals surface area contributed by atoms with E-state index in [0.717, 1.165) is 39.3 Å². The van der Waals surface area contributed by atoms with Crippen LogP contribution in [0.25, 0.3) is 0 Å². The van der Waals surface area contributed by atoms with E-state index in [1.807, 2.05) is 11.3 Å². The molecule has 0 atom stereocenters. The molecule has 1 saturated heterocycles. The summed E-state index contributed by atoms with van der Waals surface area (Å²) in [6.45, 7) is 16.2. The van der Waals surface area contributed by atoms with Gasteiger partial charge >= 0.3 is 0 Å². The van der Waals surface area contributed by atoms with E-state index in [0.29, 0.717) is 6.04 Å². The van der Waals surface area contributed by atoms with E-state index < -0.39 is 0 Å². The van der Waals surface area contributed by atoms with Crippen molar-refractivity contribution in [3.8, 4) is 0 Å². The maximum atomic E-state index is 3.45. The maximum absolute atomic E-state index is 3.45. The lowest BCUT2D eigenvalue weighted by molar-refractivity contribution is 0.0494. The maximum Gasteiger partial charge on any atom is 0.0331 e. The molecule has 2 heterocycles. The second-order valence-electron chi connectivity index (χ2n) is 6.63. The predicted molar refractivity (Wildman–Crippen MR) is 88.4 cm³/mol. The zero-order valence-electron chi connectivity index (χ0n) is 13.4. The lowest BCUT2D eigenvalue weighted by Crippen LogP contribution is -2.58. The van der Waals surface area contributed by atoms with Crippen molar-refractivity contribution >= 4 is 11.3 Å². The topological polar surface area (TPSA) is 18.5 Å². The van der Waals surface area contributed by atoms with Crippen molar-refractivity contribution in [1.82, 2.24) is 15.1 Å². The summed E-state index contributed by atoms with van der Waals surface area (Å²) in [4.78, 5) is 6.70. The summed E-state index contributed by atoms with van der Waals surface area (Å²) in [7, 11) is 0. The molecule has 0 amide bonds. The lowest BCUT2D eigenvalue weighted by atomic mass is 10.00. The first-order chi connectivity index (χ1) is 9.49. The molecule has 1 aromatic rings. The van der Waals surface area contributed by atoms with Crippen LogP contribution >= 0.6 is 11.3 Å². The second-order valence-corrected chi connectivity index (χ2v) is 7.66. The summed E-state index contributed by atoms with van der Waals surface area (Å²) in [6, 6.07) is 4.98. The molecule has 4 heteroatoms. The zero-order valence-corrected chi connectivity index (χ0v) is 14.2. The minimum absolute atomic E-state index is 0.240. The number of nitrogens with one attached hydrogen (secondary N) is 1. The van der Waals surface area contributed by atoms with Gasteiger partial charge in [0.2, 0.25) is 0 Å². The Morgan fingerprint density at radius 2 is 2.05 bits per heavy atom. The van der Waals surface area contributed by atoms with Crippen LogP contribution in [-0.4, -0.2) is 54.1 Å². The monoisotopic (exact) mass is 295 g/mol. The Balaban J connectivity index is 1.98. The molecular formula is C16H29N3S. The average Bonchev–Trinajstić information content (AvgIpc) is 2.91. The number of piperazine rings is 1. The first kappa shape index (κ1) is 16.0. The molecule has 0 spiro atoms. The van der Waals surface area contributed by atoms with Gasteiger partial charge in [0.15, 0.2) is 0 Å². The number of hydrogen-bond donors (Lipinski definition) is 1. The molecule has 0 bridgehead atoms. The van der Waals surface area contributed by atoms with Crippen molar-refractivity contribution in [2.24, 2.45) is 0 Å². The van der Waals surface area contributed by atoms with Gasteiger partial charge in [0.25, 0.3) is 0 Å². The molecule has 3 nitrogen and oxygen atoms in total. The molecule has 20 heavy (non-hydrogen) atoms. The van der Waals surface area contributed by atoms with E-state index in [4.69, 9.17) is 0 Å². The molecule has 0 aliphatic carbocycles. The van der Waals surface area contributed by atoms with Crippen molar-refractivity contribution in [2.75, 3.05) is 32.7 Å². The fraction of sp³-hybridized carbons (Fsp3) is 0.750. The van der Waals surface area contributed by atoms with Crippen molar-refractivity contribution in [1.29, 1.82) is 0 Å². The summed E-state index contributed by atoms with van der Waals surface area (Å²) in [5, 5.41) is 5.62. The van der Waals surface area contributed by atoms with Crippen molar-refractivity contribution in [3.63, 3.8) is 0 Å². The molecule has 1 fully saturated rings. The first-order valence-corrected chi connectivity index (χ1v) is 8.59. The number of nitrogens with zero attached hydrogens (tertiary/aromatic N) is 2. The molecule has 2 rings (SSSR count). The van der Waals surface area contributed by atoms with E-state index in [1.54, 1.807) is 0 Å². The Kier molecular flexibility index (Phi) is 5.61. The van der Waals surface area contributed by atoms with E-state index >= 15 is 0 Å². The van der Waals surface area contributed by atoms with Gasteiger partial charge in [-0.25, -0.2) is 0 Å². The van der Waals surface area contributed by atoms with Crippen LogP contribution in [0.1, 0.15) is 32.6 Å². The fourth-order valence-corrected chi connectivity index (χ4v) is 3.62. The minimum Gasteiger partial charge on any atom is -0.314 e. The van der Waals surface area contributed by atoms with E-state index in [9.17, 15) is 0 Å². The lowest BCUT2D eigenvalue weighted by Gasteiger charge is -2.44. The van der Waals surface area contributed by atoms with Crippen molar-refractivity contribution in [2.45, 2.75) is 45.8 Å². The highest BCUT2D eigenvalue weighted by molar-refractivity contribution is 7.09. The predicted octanol–water partition coefficient (Wildman–Crippen LogP) is 2.64. The van der Waals surface area contributed by atoms with Crippen LogP contribution < -0.4 is 5.32 Å². The van der Waals surface area contributed by atoms with Gasteiger partial charge in [0.1, 0.15) is 0 Å². The quantitative estimate of drug-likeness (QED) is 0.870. The molecule has 0 radical (unpaired) electrons. The van der Waals surface area contributed by atoms with Crippen LogP contribution in [0.5, 0.6) is 0 Å². The molecule has 1 aliphatic heterocycles. The zero-order chi connectivity index (χ0) is 14.6. The van der Waals surface area contributed by atoms with Crippen LogP contribution in [0.2, 0.25) is 0 Å². The van der Waals surface area contributed by atoms with Gasteiger partial charge in [-0.3, -0.25) is 9.80 Å². The third-order valence-electron chi connectivity index (χ3n) is 4.23. The molecule has 0 unspecified atom stereocenters. The molecule has 0 saturated carbocycles. The van der Waals surface area contributed by atoms with Gasteiger partial charge in [-0.1, -0.05) is 6.07 Å². The Labute approximate surface area is 128 Å². The van der Waals surface area contributed by atoms with Gasteiger partial charge < -0.3 is 5.32 Å². The number of rotatable bonds is 6. The molecule has 114 valence electrons. The summed E-state index contributed by atoms with van der Waals surface area (Å²) in [5.74, 6) is 0. The Morgan fingerprint density at radius 1 is 1.35 bits per heavy atom. The molecular weight excluding hydrogens is 266 g/mol. The fourth-order valence-electron chi connectivity index (χ4n) is 2.89. The smallest absolute Gasteiger partial charge is 0.0331 e. The minimum atomic E-state index is 0.240. The van der Waals surface area contributed by atoms with Crippen LogP contribution in [0, 0.1) is 0 Å². The van der Waals surface area contributed by atoms with Crippen LogP contribution in [-0.2, 0) is 6.54 Å². The second kappa shape index (κ2) is 7.03. The third kappa shape index (κ3) is 4.29. The van der Waals surface area contributed by atoms with Crippen molar-refractivity contribution in [3.05, 3.63) is 22.4 Å². The SMILES string of the molecule is CC(C)N(Cc1cccs1)CC(C)(C)N1CCNCC1. The highest BCUT2D eigenvalue weighted by Crippen LogP contribution is 2.21. The highest BCUT2D eigenvalue weighted by atomic mass is 32.1. The molecule has 1 aliphatic rings. The van der Waals surface area contributed by atoms with E-state index in [-0.39, 0.29) is 5.54 Å². The summed E-state index contributed by atoms with van der Waals surface area (Å²) >= 11 is 1.86.